The number of methoxy groups -OCH3 is 1. The molecule has 0 aromatic heterocycles. The molecule has 2 aromatic rings. The molecule has 1 N–H and O–H groups in total. The number of ether oxygens (including phenoxy) is 1. The van der Waals surface area contributed by atoms with E-state index in [-0.39, 0.29) is 5.02 Å². The van der Waals surface area contributed by atoms with E-state index in [0.29, 0.717) is 6.54 Å². The van der Waals surface area contributed by atoms with Gasteiger partial charge in [0.05, 0.1) is 22.3 Å². The molecule has 2 rings (SSSR count). The van der Waals surface area contributed by atoms with Crippen LogP contribution in [0.25, 0.3) is 0 Å². The van der Waals surface area contributed by atoms with Crippen LogP contribution in [-0.2, 0) is 6.54 Å². The molecular weight excluding hydrogens is 412 g/mol. The third-order valence-corrected chi connectivity index (χ3v) is 4.27. The average Bonchev–Trinajstić information content (AvgIpc) is 2.41. The van der Waals surface area contributed by atoms with Gasteiger partial charge >= 0.3 is 0 Å². The lowest BCUT2D eigenvalue weighted by atomic mass is 10.2. The van der Waals surface area contributed by atoms with Crippen LogP contribution in [0.5, 0.6) is 5.75 Å². The molecule has 0 bridgehead atoms. The van der Waals surface area contributed by atoms with Crippen LogP contribution in [0.1, 0.15) is 5.56 Å². The first-order valence-electron chi connectivity index (χ1n) is 5.72. The predicted octanol–water partition coefficient (Wildman–Crippen LogP) is 5.62. The minimum atomic E-state index is -0.415. The molecule has 20 heavy (non-hydrogen) atoms. The molecule has 0 radical (unpaired) electrons. The first-order valence-corrected chi connectivity index (χ1v) is 7.68. The third kappa shape index (κ3) is 3.65. The molecule has 2 aromatic carbocycles. The summed E-state index contributed by atoms with van der Waals surface area (Å²) < 4.78 is 20.1. The first-order chi connectivity index (χ1) is 9.51. The Morgan fingerprint density at radius 3 is 2.60 bits per heavy atom. The van der Waals surface area contributed by atoms with Gasteiger partial charge in [-0.3, -0.25) is 0 Å². The fraction of sp³-hybridized carbons (Fsp3) is 0.143. The second-order valence-electron chi connectivity index (χ2n) is 4.07. The zero-order chi connectivity index (χ0) is 14.7. The van der Waals surface area contributed by atoms with Crippen molar-refractivity contribution in [1.82, 2.24) is 0 Å². The van der Waals surface area contributed by atoms with Crippen LogP contribution in [0.3, 0.4) is 0 Å². The predicted molar refractivity (Wildman–Crippen MR) is 87.1 cm³/mol. The van der Waals surface area contributed by atoms with Gasteiger partial charge < -0.3 is 10.1 Å². The van der Waals surface area contributed by atoms with Crippen LogP contribution in [0.15, 0.2) is 39.3 Å². The SMILES string of the molecule is COc1cc(NCc2ccc(F)c(Cl)c2)c(Br)cc1Br. The summed E-state index contributed by atoms with van der Waals surface area (Å²) in [6.07, 6.45) is 0. The number of hydrogen-bond donors (Lipinski definition) is 1. The second-order valence-corrected chi connectivity index (χ2v) is 6.18. The van der Waals surface area contributed by atoms with Gasteiger partial charge in [0.2, 0.25) is 0 Å². The minimum absolute atomic E-state index is 0.122. The summed E-state index contributed by atoms with van der Waals surface area (Å²) >= 11 is 12.6. The van der Waals surface area contributed by atoms with Crippen molar-refractivity contribution >= 4 is 49.1 Å². The molecule has 0 aliphatic heterocycles. The quantitative estimate of drug-likeness (QED) is 0.689. The van der Waals surface area contributed by atoms with Crippen molar-refractivity contribution in [3.63, 3.8) is 0 Å². The molecule has 0 fully saturated rings. The maximum Gasteiger partial charge on any atom is 0.141 e. The molecule has 0 saturated heterocycles. The molecule has 106 valence electrons. The van der Waals surface area contributed by atoms with Crippen LogP contribution < -0.4 is 10.1 Å². The van der Waals surface area contributed by atoms with Crippen LogP contribution >= 0.6 is 43.5 Å². The highest BCUT2D eigenvalue weighted by atomic mass is 79.9. The van der Waals surface area contributed by atoms with Crippen molar-refractivity contribution in [3.05, 3.63) is 55.7 Å². The zero-order valence-electron chi connectivity index (χ0n) is 10.5. The summed E-state index contributed by atoms with van der Waals surface area (Å²) in [5, 5.41) is 3.37. The van der Waals surface area contributed by atoms with Gasteiger partial charge in [0.1, 0.15) is 11.6 Å². The minimum Gasteiger partial charge on any atom is -0.495 e. The number of halogens is 4. The Hall–Kier alpha value is -0.780. The lowest BCUT2D eigenvalue weighted by Crippen LogP contribution is -2.01. The van der Waals surface area contributed by atoms with Gasteiger partial charge in [-0.05, 0) is 55.6 Å². The van der Waals surface area contributed by atoms with Crippen molar-refractivity contribution in [2.24, 2.45) is 0 Å². The Kier molecular flexibility index (Phi) is 5.29. The summed E-state index contributed by atoms with van der Waals surface area (Å²) in [5.74, 6) is 0.315. The van der Waals surface area contributed by atoms with Crippen molar-refractivity contribution < 1.29 is 9.13 Å². The average molecular weight is 424 g/mol. The Balaban J connectivity index is 2.16. The third-order valence-electron chi connectivity index (χ3n) is 2.71. The molecule has 0 aliphatic carbocycles. The van der Waals surface area contributed by atoms with Gasteiger partial charge in [-0.15, -0.1) is 0 Å². The smallest absolute Gasteiger partial charge is 0.141 e. The maximum atomic E-state index is 13.1. The van der Waals surface area contributed by atoms with Crippen molar-refractivity contribution in [2.45, 2.75) is 6.54 Å². The van der Waals surface area contributed by atoms with Crippen LogP contribution in [0, 0.1) is 5.82 Å². The Morgan fingerprint density at radius 2 is 1.95 bits per heavy atom. The first kappa shape index (κ1) is 15.6. The molecule has 6 heteroatoms. The van der Waals surface area contributed by atoms with E-state index in [1.54, 1.807) is 19.2 Å². The van der Waals surface area contributed by atoms with E-state index >= 15 is 0 Å². The molecule has 2 nitrogen and oxygen atoms in total. The lowest BCUT2D eigenvalue weighted by molar-refractivity contribution is 0.412. The van der Waals surface area contributed by atoms with E-state index in [0.717, 1.165) is 25.9 Å². The van der Waals surface area contributed by atoms with E-state index < -0.39 is 5.82 Å². The normalized spacial score (nSPS) is 10.4. The Labute approximate surface area is 138 Å². The van der Waals surface area contributed by atoms with E-state index in [2.05, 4.69) is 37.2 Å². The monoisotopic (exact) mass is 421 g/mol. The van der Waals surface area contributed by atoms with Gasteiger partial charge in [0, 0.05) is 17.1 Å². The molecule has 0 atom stereocenters. The number of hydrogen-bond acceptors (Lipinski definition) is 2. The summed E-state index contributed by atoms with van der Waals surface area (Å²) in [7, 11) is 1.61. The standard InChI is InChI=1S/C14H11Br2ClFNO/c1-20-14-6-13(9(15)5-10(14)16)19-7-8-2-3-12(18)11(17)4-8/h2-6,19H,7H2,1H3. The molecule has 0 amide bonds. The van der Waals surface area contributed by atoms with Crippen LogP contribution in [0.2, 0.25) is 5.02 Å². The molecule has 0 saturated carbocycles. The zero-order valence-corrected chi connectivity index (χ0v) is 14.4. The Morgan fingerprint density at radius 1 is 1.20 bits per heavy atom. The van der Waals surface area contributed by atoms with E-state index in [1.807, 2.05) is 12.1 Å². The van der Waals surface area contributed by atoms with Crippen molar-refractivity contribution in [3.8, 4) is 5.75 Å². The molecule has 0 heterocycles. The summed E-state index contributed by atoms with van der Waals surface area (Å²) in [6.45, 7) is 0.531. The number of anilines is 1. The van der Waals surface area contributed by atoms with Gasteiger partial charge in [-0.1, -0.05) is 17.7 Å². The van der Waals surface area contributed by atoms with Crippen LogP contribution in [-0.4, -0.2) is 7.11 Å². The van der Waals surface area contributed by atoms with Gasteiger partial charge in [-0.25, -0.2) is 4.39 Å². The summed E-state index contributed by atoms with van der Waals surface area (Å²) in [6, 6.07) is 8.43. The number of nitrogens with one attached hydrogen (secondary N) is 1. The van der Waals surface area contributed by atoms with E-state index in [4.69, 9.17) is 16.3 Å². The van der Waals surface area contributed by atoms with Gasteiger partial charge in [0.25, 0.3) is 0 Å². The number of rotatable bonds is 4. The Bertz CT molecular complexity index is 637. The number of benzene rings is 2. The topological polar surface area (TPSA) is 21.3 Å². The molecule has 0 spiro atoms. The van der Waals surface area contributed by atoms with Crippen molar-refractivity contribution in [2.75, 3.05) is 12.4 Å². The largest absolute Gasteiger partial charge is 0.495 e. The molecule has 0 unspecified atom stereocenters. The fourth-order valence-corrected chi connectivity index (χ4v) is 3.17. The van der Waals surface area contributed by atoms with Crippen LogP contribution in [0.4, 0.5) is 10.1 Å². The fourth-order valence-electron chi connectivity index (χ4n) is 1.67. The van der Waals surface area contributed by atoms with E-state index in [1.165, 1.54) is 6.07 Å². The highest BCUT2D eigenvalue weighted by Gasteiger charge is 2.07. The molecular formula is C14H11Br2ClFNO. The maximum absolute atomic E-state index is 13.1. The lowest BCUT2D eigenvalue weighted by Gasteiger charge is -2.12. The molecule has 0 aliphatic rings. The highest BCUT2D eigenvalue weighted by Crippen LogP contribution is 2.34. The van der Waals surface area contributed by atoms with Gasteiger partial charge in [0.15, 0.2) is 0 Å². The van der Waals surface area contributed by atoms with Gasteiger partial charge in [-0.2, -0.15) is 0 Å². The van der Waals surface area contributed by atoms with Crippen molar-refractivity contribution in [1.29, 1.82) is 0 Å². The second kappa shape index (κ2) is 6.78. The van der Waals surface area contributed by atoms with E-state index in [9.17, 15) is 4.39 Å². The summed E-state index contributed by atoms with van der Waals surface area (Å²) in [4.78, 5) is 0. The highest BCUT2D eigenvalue weighted by molar-refractivity contribution is 9.11. The summed E-state index contributed by atoms with van der Waals surface area (Å²) in [5.41, 5.74) is 1.77.